The fourth-order valence-corrected chi connectivity index (χ4v) is 3.23. The number of nitrogen functional groups attached to an aromatic ring is 1. The van der Waals surface area contributed by atoms with Crippen LogP contribution in [0.5, 0.6) is 0 Å². The molecule has 5 heteroatoms. The molecular weight excluding hydrogens is 228 g/mol. The molecule has 100 valence electrons. The highest BCUT2D eigenvalue weighted by Gasteiger charge is 2.43. The molecule has 1 aromatic rings. The van der Waals surface area contributed by atoms with E-state index in [9.17, 15) is 0 Å². The Morgan fingerprint density at radius 2 is 2.33 bits per heavy atom. The van der Waals surface area contributed by atoms with Gasteiger partial charge in [0.15, 0.2) is 5.82 Å². The Balaban J connectivity index is 1.81. The summed E-state index contributed by atoms with van der Waals surface area (Å²) >= 11 is 0. The van der Waals surface area contributed by atoms with Gasteiger partial charge in [-0.15, -0.1) is 5.10 Å². The van der Waals surface area contributed by atoms with Crippen molar-refractivity contribution in [2.24, 2.45) is 0 Å². The summed E-state index contributed by atoms with van der Waals surface area (Å²) in [7, 11) is 0. The fourth-order valence-electron chi connectivity index (χ4n) is 3.23. The van der Waals surface area contributed by atoms with Crippen LogP contribution in [0.4, 0.5) is 5.82 Å². The van der Waals surface area contributed by atoms with Crippen LogP contribution < -0.4 is 5.73 Å². The van der Waals surface area contributed by atoms with Crippen molar-refractivity contribution >= 4 is 5.82 Å². The van der Waals surface area contributed by atoms with Gasteiger partial charge in [-0.05, 0) is 38.5 Å². The minimum atomic E-state index is 0.146. The van der Waals surface area contributed by atoms with E-state index in [1.807, 2.05) is 0 Å². The monoisotopic (exact) mass is 250 g/mol. The van der Waals surface area contributed by atoms with Crippen LogP contribution in [0, 0.1) is 0 Å². The molecule has 0 amide bonds. The minimum absolute atomic E-state index is 0.146. The van der Waals surface area contributed by atoms with E-state index >= 15 is 0 Å². The summed E-state index contributed by atoms with van der Waals surface area (Å²) in [5, 5.41) is 8.32. The molecule has 1 spiro atoms. The van der Waals surface area contributed by atoms with Crippen LogP contribution >= 0.6 is 0 Å². The van der Waals surface area contributed by atoms with Crippen LogP contribution in [0.25, 0.3) is 0 Å². The maximum absolute atomic E-state index is 5.97. The molecule has 1 aromatic heterocycles. The summed E-state index contributed by atoms with van der Waals surface area (Å²) < 4.78 is 8.04. The number of hydrogen-bond donors (Lipinski definition) is 1. The van der Waals surface area contributed by atoms with Gasteiger partial charge in [0.2, 0.25) is 0 Å². The third-order valence-corrected chi connectivity index (χ3v) is 4.39. The van der Waals surface area contributed by atoms with Gasteiger partial charge >= 0.3 is 0 Å². The maximum Gasteiger partial charge on any atom is 0.169 e. The Hall–Kier alpha value is -1.10. The van der Waals surface area contributed by atoms with Crippen molar-refractivity contribution in [1.82, 2.24) is 15.0 Å². The molecule has 1 aliphatic heterocycles. The number of nitrogens with zero attached hydrogens (tertiary/aromatic N) is 3. The smallest absolute Gasteiger partial charge is 0.169 e. The summed E-state index contributed by atoms with van der Waals surface area (Å²) in [4.78, 5) is 0. The highest BCUT2D eigenvalue weighted by Crippen LogP contribution is 2.45. The number of anilines is 1. The molecule has 0 aromatic carbocycles. The van der Waals surface area contributed by atoms with Crippen molar-refractivity contribution in [3.63, 3.8) is 0 Å². The molecule has 1 aliphatic carbocycles. The molecule has 18 heavy (non-hydrogen) atoms. The summed E-state index contributed by atoms with van der Waals surface area (Å²) in [6.07, 6.45) is 7.85. The third kappa shape index (κ3) is 1.90. The fraction of sp³-hybridized carbons (Fsp3) is 0.846. The van der Waals surface area contributed by atoms with Crippen LogP contribution in [0.3, 0.4) is 0 Å². The Bertz CT molecular complexity index is 425. The van der Waals surface area contributed by atoms with Gasteiger partial charge in [-0.1, -0.05) is 18.6 Å². The lowest BCUT2D eigenvalue weighted by molar-refractivity contribution is -0.142. The van der Waals surface area contributed by atoms with Crippen molar-refractivity contribution in [3.8, 4) is 0 Å². The zero-order valence-electron chi connectivity index (χ0n) is 11.1. The average Bonchev–Trinajstić information content (AvgIpc) is 2.70. The van der Waals surface area contributed by atoms with E-state index in [2.05, 4.69) is 21.9 Å². The van der Waals surface area contributed by atoms with E-state index in [-0.39, 0.29) is 5.60 Å². The first-order valence-corrected chi connectivity index (χ1v) is 7.07. The molecule has 2 fully saturated rings. The first-order valence-electron chi connectivity index (χ1n) is 7.07. The van der Waals surface area contributed by atoms with Crippen molar-refractivity contribution in [2.75, 3.05) is 12.3 Å². The van der Waals surface area contributed by atoms with E-state index < -0.39 is 0 Å². The predicted molar refractivity (Wildman–Crippen MR) is 69.2 cm³/mol. The quantitative estimate of drug-likeness (QED) is 0.892. The van der Waals surface area contributed by atoms with Crippen LogP contribution in [-0.4, -0.2) is 27.2 Å². The molecule has 2 N–H and O–H groups in total. The minimum Gasteiger partial charge on any atom is -0.381 e. The molecule has 1 atom stereocenters. The first-order chi connectivity index (χ1) is 8.74. The number of ether oxygens (including phenoxy) is 1. The summed E-state index contributed by atoms with van der Waals surface area (Å²) in [6, 6.07) is 0.422. The Labute approximate surface area is 108 Å². The zero-order valence-corrected chi connectivity index (χ0v) is 11.1. The second-order valence-electron chi connectivity index (χ2n) is 5.65. The highest BCUT2D eigenvalue weighted by molar-refractivity contribution is 5.33. The second kappa shape index (κ2) is 4.53. The van der Waals surface area contributed by atoms with E-state index in [1.54, 1.807) is 0 Å². The molecule has 0 bridgehead atoms. The number of aromatic nitrogens is 3. The number of nitrogens with two attached hydrogens (primary N) is 1. The van der Waals surface area contributed by atoms with Crippen LogP contribution in [0.1, 0.15) is 57.2 Å². The molecule has 1 saturated heterocycles. The van der Waals surface area contributed by atoms with Crippen LogP contribution in [0.2, 0.25) is 0 Å². The molecule has 1 saturated carbocycles. The van der Waals surface area contributed by atoms with Gasteiger partial charge < -0.3 is 10.5 Å². The highest BCUT2D eigenvalue weighted by atomic mass is 16.5. The zero-order chi connectivity index (χ0) is 12.6. The molecule has 1 unspecified atom stereocenters. The standard InChI is InChI=1S/C13H22N4O/c1-2-4-11-12(14)15-16-17(11)10-5-8-18-13(9-10)6-3-7-13/h10H,2-9,14H2,1H3. The molecule has 5 nitrogen and oxygen atoms in total. The second-order valence-corrected chi connectivity index (χ2v) is 5.65. The normalized spacial score (nSPS) is 26.2. The maximum atomic E-state index is 5.97. The van der Waals surface area contributed by atoms with Gasteiger partial charge in [0, 0.05) is 6.61 Å². The van der Waals surface area contributed by atoms with E-state index in [0.717, 1.165) is 38.0 Å². The molecular formula is C13H22N4O. The van der Waals surface area contributed by atoms with Gasteiger partial charge in [-0.25, -0.2) is 4.68 Å². The Morgan fingerprint density at radius 1 is 1.50 bits per heavy atom. The molecule has 0 radical (unpaired) electrons. The Kier molecular flexibility index (Phi) is 3.01. The average molecular weight is 250 g/mol. The largest absolute Gasteiger partial charge is 0.381 e. The number of rotatable bonds is 3. The molecule has 2 aliphatic rings. The van der Waals surface area contributed by atoms with Crippen molar-refractivity contribution in [3.05, 3.63) is 5.69 Å². The van der Waals surface area contributed by atoms with E-state index in [0.29, 0.717) is 11.9 Å². The van der Waals surface area contributed by atoms with Gasteiger partial charge in [-0.2, -0.15) is 0 Å². The van der Waals surface area contributed by atoms with Crippen LogP contribution in [0.15, 0.2) is 0 Å². The molecule has 3 rings (SSSR count). The van der Waals surface area contributed by atoms with Gasteiger partial charge in [0.05, 0.1) is 17.3 Å². The first kappa shape index (κ1) is 12.0. The van der Waals surface area contributed by atoms with Crippen molar-refractivity contribution < 1.29 is 4.74 Å². The van der Waals surface area contributed by atoms with Crippen molar-refractivity contribution in [1.29, 1.82) is 0 Å². The van der Waals surface area contributed by atoms with Gasteiger partial charge in [0.25, 0.3) is 0 Å². The Morgan fingerprint density at radius 3 is 3.00 bits per heavy atom. The lowest BCUT2D eigenvalue weighted by Crippen LogP contribution is -2.46. The predicted octanol–water partition coefficient (Wildman–Crippen LogP) is 2.09. The lowest BCUT2D eigenvalue weighted by Gasteiger charge is -2.47. The van der Waals surface area contributed by atoms with Crippen LogP contribution in [-0.2, 0) is 11.2 Å². The number of hydrogen-bond acceptors (Lipinski definition) is 4. The summed E-state index contributed by atoms with van der Waals surface area (Å²) in [5.41, 5.74) is 7.18. The van der Waals surface area contributed by atoms with Gasteiger partial charge in [-0.3, -0.25) is 0 Å². The van der Waals surface area contributed by atoms with E-state index in [4.69, 9.17) is 10.5 Å². The van der Waals surface area contributed by atoms with Gasteiger partial charge in [0.1, 0.15) is 0 Å². The van der Waals surface area contributed by atoms with E-state index in [1.165, 1.54) is 19.3 Å². The van der Waals surface area contributed by atoms with Crippen molar-refractivity contribution in [2.45, 2.75) is 63.5 Å². The topological polar surface area (TPSA) is 66.0 Å². The molecule has 2 heterocycles. The third-order valence-electron chi connectivity index (χ3n) is 4.39. The SMILES string of the molecule is CCCc1c(N)nnn1C1CCOC2(CCC2)C1. The lowest BCUT2D eigenvalue weighted by atomic mass is 9.74. The summed E-state index contributed by atoms with van der Waals surface area (Å²) in [5.74, 6) is 0.603. The summed E-state index contributed by atoms with van der Waals surface area (Å²) in [6.45, 7) is 3.00.